The van der Waals surface area contributed by atoms with Gasteiger partial charge in [0.25, 0.3) is 0 Å². The fraction of sp³-hybridized carbons (Fsp3) is 0.125. The highest BCUT2D eigenvalue weighted by Crippen LogP contribution is 2.32. The van der Waals surface area contributed by atoms with Crippen molar-refractivity contribution in [1.29, 1.82) is 0 Å². The Morgan fingerprint density at radius 3 is 2.61 bits per heavy atom. The normalized spacial score (nSPS) is 11.2. The third kappa shape index (κ3) is 3.67. The first kappa shape index (κ1) is 20.6. The largest absolute Gasteiger partial charge is 0.479 e. The van der Waals surface area contributed by atoms with Gasteiger partial charge in [0.05, 0.1) is 35.9 Å². The van der Waals surface area contributed by atoms with E-state index in [1.165, 1.54) is 12.1 Å². The molecule has 0 aliphatic heterocycles. The number of fused-ring (bicyclic) bond motifs is 1. The molecule has 0 saturated heterocycles. The van der Waals surface area contributed by atoms with Crippen molar-refractivity contribution in [2.24, 2.45) is 7.05 Å². The van der Waals surface area contributed by atoms with Gasteiger partial charge in [0, 0.05) is 19.3 Å². The van der Waals surface area contributed by atoms with Crippen LogP contribution in [0.2, 0.25) is 0 Å². The third-order valence-corrected chi connectivity index (χ3v) is 5.37. The van der Waals surface area contributed by atoms with Crippen LogP contribution in [0.5, 0.6) is 5.88 Å². The van der Waals surface area contributed by atoms with Crippen LogP contribution in [0.15, 0.2) is 61.1 Å². The number of halogens is 2. The lowest BCUT2D eigenvalue weighted by Gasteiger charge is -2.11. The zero-order valence-corrected chi connectivity index (χ0v) is 18.2. The summed E-state index contributed by atoms with van der Waals surface area (Å²) in [5, 5.41) is 3.28. The summed E-state index contributed by atoms with van der Waals surface area (Å²) < 4.78 is 36.9. The average Bonchev–Trinajstić information content (AvgIpc) is 3.38. The number of rotatable bonds is 5. The van der Waals surface area contributed by atoms with E-state index in [1.54, 1.807) is 25.1 Å². The second-order valence-corrected chi connectivity index (χ2v) is 7.56. The van der Waals surface area contributed by atoms with Crippen LogP contribution >= 0.6 is 0 Å². The highest BCUT2D eigenvalue weighted by atomic mass is 19.1. The lowest BCUT2D eigenvalue weighted by molar-refractivity contribution is 0.396. The topological polar surface area (TPSA) is 69.8 Å². The van der Waals surface area contributed by atoms with Gasteiger partial charge in [-0.05, 0) is 43.3 Å². The summed E-state index contributed by atoms with van der Waals surface area (Å²) in [6.45, 7) is 1.91. The van der Waals surface area contributed by atoms with E-state index < -0.39 is 11.6 Å². The third-order valence-electron chi connectivity index (χ3n) is 5.37. The second kappa shape index (κ2) is 8.01. The lowest BCUT2D eigenvalue weighted by atomic mass is 10.2. The van der Waals surface area contributed by atoms with Crippen LogP contribution in [0, 0.1) is 18.6 Å². The number of benzene rings is 2. The molecule has 0 bridgehead atoms. The number of aryl methyl sites for hydroxylation is 2. The number of methoxy groups -OCH3 is 1. The SMILES string of the molecule is COc1nc(Nc2cccc3c2nc(-c2ccc(F)cc2F)n3C)ccc1-n1cnc(C)c1. The number of para-hydroxylation sites is 1. The molecular formula is C24H20F2N6O. The first-order valence-electron chi connectivity index (χ1n) is 10.2. The molecule has 7 nitrogen and oxygen atoms in total. The molecule has 5 aromatic rings. The molecule has 0 aliphatic carbocycles. The van der Waals surface area contributed by atoms with Crippen molar-refractivity contribution in [3.63, 3.8) is 0 Å². The van der Waals surface area contributed by atoms with E-state index in [-0.39, 0.29) is 5.56 Å². The van der Waals surface area contributed by atoms with Gasteiger partial charge in [-0.1, -0.05) is 6.07 Å². The van der Waals surface area contributed by atoms with Gasteiger partial charge in [-0.3, -0.25) is 0 Å². The maximum Gasteiger partial charge on any atom is 0.240 e. The Kier molecular flexibility index (Phi) is 5.01. The number of imidazole rings is 2. The molecule has 0 spiro atoms. The van der Waals surface area contributed by atoms with Crippen LogP contribution in [0.4, 0.5) is 20.3 Å². The Morgan fingerprint density at radius 2 is 1.88 bits per heavy atom. The zero-order chi connectivity index (χ0) is 23.1. The number of nitrogens with zero attached hydrogens (tertiary/aromatic N) is 5. The van der Waals surface area contributed by atoms with Gasteiger partial charge < -0.3 is 19.2 Å². The molecular weight excluding hydrogens is 426 g/mol. The standard InChI is InChI=1S/C24H20F2N6O/c1-14-12-32(13-27-14)20-9-10-21(29-24(20)33-3)28-18-5-4-6-19-22(18)30-23(31(19)2)16-8-7-15(25)11-17(16)26/h4-13H,1-3H3,(H,28,29). The Labute approximate surface area is 188 Å². The smallest absolute Gasteiger partial charge is 0.240 e. The monoisotopic (exact) mass is 446 g/mol. The maximum atomic E-state index is 14.4. The minimum atomic E-state index is -0.667. The fourth-order valence-corrected chi connectivity index (χ4v) is 3.77. The van der Waals surface area contributed by atoms with Crippen LogP contribution in [-0.2, 0) is 7.05 Å². The summed E-state index contributed by atoms with van der Waals surface area (Å²) in [5.41, 5.74) is 3.98. The predicted octanol–water partition coefficient (Wildman–Crippen LogP) is 5.16. The predicted molar refractivity (Wildman–Crippen MR) is 122 cm³/mol. The van der Waals surface area contributed by atoms with Gasteiger partial charge >= 0.3 is 0 Å². The number of nitrogens with one attached hydrogen (secondary N) is 1. The van der Waals surface area contributed by atoms with Gasteiger partial charge in [-0.25, -0.2) is 18.7 Å². The summed E-state index contributed by atoms with van der Waals surface area (Å²) in [4.78, 5) is 13.5. The van der Waals surface area contributed by atoms with Gasteiger partial charge in [-0.2, -0.15) is 4.98 Å². The average molecular weight is 446 g/mol. The fourth-order valence-electron chi connectivity index (χ4n) is 3.77. The van der Waals surface area contributed by atoms with Gasteiger partial charge in [0.2, 0.25) is 5.88 Å². The minimum absolute atomic E-state index is 0.223. The first-order valence-corrected chi connectivity index (χ1v) is 10.2. The van der Waals surface area contributed by atoms with E-state index in [4.69, 9.17) is 4.74 Å². The number of ether oxygens (including phenoxy) is 1. The quantitative estimate of drug-likeness (QED) is 0.404. The number of hydrogen-bond acceptors (Lipinski definition) is 5. The van der Waals surface area contributed by atoms with Crippen LogP contribution in [-0.4, -0.2) is 31.2 Å². The Bertz CT molecular complexity index is 1490. The Morgan fingerprint density at radius 1 is 1.03 bits per heavy atom. The summed E-state index contributed by atoms with van der Waals surface area (Å²) in [6, 6.07) is 12.8. The number of hydrogen-bond donors (Lipinski definition) is 1. The van der Waals surface area contributed by atoms with Crippen molar-refractivity contribution in [2.45, 2.75) is 6.92 Å². The number of pyridine rings is 1. The van der Waals surface area contributed by atoms with Crippen molar-refractivity contribution in [1.82, 2.24) is 24.1 Å². The van der Waals surface area contributed by atoms with Crippen molar-refractivity contribution in [2.75, 3.05) is 12.4 Å². The van der Waals surface area contributed by atoms with Crippen molar-refractivity contribution in [3.8, 4) is 23.0 Å². The van der Waals surface area contributed by atoms with E-state index in [1.807, 2.05) is 48.0 Å². The summed E-state index contributed by atoms with van der Waals surface area (Å²) in [7, 11) is 3.35. The molecule has 33 heavy (non-hydrogen) atoms. The molecule has 3 aromatic heterocycles. The molecule has 0 amide bonds. The molecule has 0 fully saturated rings. The zero-order valence-electron chi connectivity index (χ0n) is 18.2. The highest BCUT2D eigenvalue weighted by Gasteiger charge is 2.17. The summed E-state index contributed by atoms with van der Waals surface area (Å²) in [6.07, 6.45) is 3.59. The molecule has 5 rings (SSSR count). The lowest BCUT2D eigenvalue weighted by Crippen LogP contribution is -2.01. The van der Waals surface area contributed by atoms with Crippen LogP contribution < -0.4 is 10.1 Å². The molecule has 0 atom stereocenters. The molecule has 166 valence electrons. The minimum Gasteiger partial charge on any atom is -0.479 e. The maximum absolute atomic E-state index is 14.4. The summed E-state index contributed by atoms with van der Waals surface area (Å²) >= 11 is 0. The van der Waals surface area contributed by atoms with Crippen LogP contribution in [0.1, 0.15) is 5.69 Å². The van der Waals surface area contributed by atoms with Gasteiger partial charge in [0.15, 0.2) is 0 Å². The summed E-state index contributed by atoms with van der Waals surface area (Å²) in [5.74, 6) is 0.0826. The molecule has 1 N–H and O–H groups in total. The van der Waals surface area contributed by atoms with Crippen molar-refractivity contribution < 1.29 is 13.5 Å². The van der Waals surface area contributed by atoms with Gasteiger partial charge in [-0.15, -0.1) is 0 Å². The molecule has 9 heteroatoms. The van der Waals surface area contributed by atoms with E-state index in [0.29, 0.717) is 28.7 Å². The van der Waals surface area contributed by atoms with Crippen molar-refractivity contribution >= 4 is 22.5 Å². The number of anilines is 2. The molecule has 0 saturated carbocycles. The van der Waals surface area contributed by atoms with Crippen LogP contribution in [0.25, 0.3) is 28.1 Å². The second-order valence-electron chi connectivity index (χ2n) is 7.56. The molecule has 0 radical (unpaired) electrons. The molecule has 3 heterocycles. The molecule has 0 unspecified atom stereocenters. The van der Waals surface area contributed by atoms with Crippen LogP contribution in [0.3, 0.4) is 0 Å². The Hall–Kier alpha value is -4.27. The first-order chi connectivity index (χ1) is 15.9. The van der Waals surface area contributed by atoms with Crippen molar-refractivity contribution in [3.05, 3.63) is 78.4 Å². The van der Waals surface area contributed by atoms with E-state index in [9.17, 15) is 8.78 Å². The number of aromatic nitrogens is 5. The highest BCUT2D eigenvalue weighted by molar-refractivity contribution is 5.92. The van der Waals surface area contributed by atoms with Gasteiger partial charge in [0.1, 0.15) is 34.5 Å². The van der Waals surface area contributed by atoms with E-state index in [0.717, 1.165) is 23.0 Å². The van der Waals surface area contributed by atoms with E-state index in [2.05, 4.69) is 20.3 Å². The Balaban J connectivity index is 1.54. The molecule has 2 aromatic carbocycles. The van der Waals surface area contributed by atoms with E-state index >= 15 is 0 Å². The molecule has 0 aliphatic rings.